The van der Waals surface area contributed by atoms with Gasteiger partial charge in [0.05, 0.1) is 31.0 Å². The predicted octanol–water partition coefficient (Wildman–Crippen LogP) is 4.96. The number of ketones is 1. The molecule has 186 valence electrons. The van der Waals surface area contributed by atoms with E-state index in [-0.39, 0.29) is 21.3 Å². The van der Waals surface area contributed by atoms with Crippen molar-refractivity contribution in [1.29, 1.82) is 0 Å². The highest BCUT2D eigenvalue weighted by Gasteiger charge is 2.48. The highest BCUT2D eigenvalue weighted by Crippen LogP contribution is 2.44. The fourth-order valence-electron chi connectivity index (χ4n) is 3.95. The van der Waals surface area contributed by atoms with E-state index in [0.29, 0.717) is 29.2 Å². The largest absolute Gasteiger partial charge is 0.507 e. The lowest BCUT2D eigenvalue weighted by Gasteiger charge is -2.23. The smallest absolute Gasteiger partial charge is 0.350 e. The zero-order valence-electron chi connectivity index (χ0n) is 20.4. The van der Waals surface area contributed by atoms with Gasteiger partial charge in [-0.3, -0.25) is 14.5 Å². The maximum atomic E-state index is 13.3. The molecule has 2 aromatic carbocycles. The second-order valence-corrected chi connectivity index (χ2v) is 9.33. The number of rotatable bonds is 7. The number of benzene rings is 2. The first-order valence-corrected chi connectivity index (χ1v) is 12.2. The van der Waals surface area contributed by atoms with Crippen LogP contribution in [-0.4, -0.2) is 41.5 Å². The van der Waals surface area contributed by atoms with Crippen LogP contribution in [0.15, 0.2) is 54.1 Å². The Morgan fingerprint density at radius 3 is 2.36 bits per heavy atom. The van der Waals surface area contributed by atoms with E-state index in [2.05, 4.69) is 4.98 Å². The molecule has 1 aliphatic heterocycles. The van der Waals surface area contributed by atoms with Gasteiger partial charge in [0.2, 0.25) is 0 Å². The van der Waals surface area contributed by atoms with Gasteiger partial charge in [0.25, 0.3) is 5.78 Å². The van der Waals surface area contributed by atoms with Gasteiger partial charge in [-0.2, -0.15) is 0 Å². The summed E-state index contributed by atoms with van der Waals surface area (Å²) in [7, 11) is 1.26. The lowest BCUT2D eigenvalue weighted by molar-refractivity contribution is -0.132. The molecule has 8 nitrogen and oxygen atoms in total. The van der Waals surface area contributed by atoms with Crippen LogP contribution in [0.1, 0.15) is 51.4 Å². The van der Waals surface area contributed by atoms with E-state index >= 15 is 0 Å². The van der Waals surface area contributed by atoms with Gasteiger partial charge in [-0.1, -0.05) is 60.2 Å². The van der Waals surface area contributed by atoms with E-state index < -0.39 is 23.7 Å². The molecule has 9 heteroatoms. The van der Waals surface area contributed by atoms with Crippen LogP contribution < -0.4 is 9.64 Å². The van der Waals surface area contributed by atoms with E-state index in [1.807, 2.05) is 26.0 Å². The van der Waals surface area contributed by atoms with Gasteiger partial charge in [-0.05, 0) is 38.0 Å². The molecule has 1 fully saturated rings. The minimum Gasteiger partial charge on any atom is -0.507 e. The molecule has 4 rings (SSSR count). The number of hydrogen-bond donors (Lipinski definition) is 1. The lowest BCUT2D eigenvalue weighted by atomic mass is 9.95. The fourth-order valence-corrected chi connectivity index (χ4v) is 4.96. The van der Waals surface area contributed by atoms with Crippen LogP contribution in [0.5, 0.6) is 5.75 Å². The Morgan fingerprint density at radius 1 is 1.08 bits per heavy atom. The van der Waals surface area contributed by atoms with Crippen molar-refractivity contribution >= 4 is 39.9 Å². The van der Waals surface area contributed by atoms with Gasteiger partial charge >= 0.3 is 11.9 Å². The molecule has 1 atom stereocenters. The first-order chi connectivity index (χ1) is 17.3. The van der Waals surface area contributed by atoms with Crippen molar-refractivity contribution in [2.24, 2.45) is 0 Å². The lowest BCUT2D eigenvalue weighted by Crippen LogP contribution is -2.29. The first kappa shape index (κ1) is 25.1. The van der Waals surface area contributed by atoms with E-state index in [1.54, 1.807) is 43.3 Å². The molecule has 1 N–H and O–H groups in total. The van der Waals surface area contributed by atoms with Gasteiger partial charge in [-0.25, -0.2) is 9.78 Å². The van der Waals surface area contributed by atoms with Gasteiger partial charge < -0.3 is 14.6 Å². The van der Waals surface area contributed by atoms with Crippen LogP contribution in [0, 0.1) is 13.8 Å². The second kappa shape index (κ2) is 10.3. The minimum atomic E-state index is -0.956. The van der Waals surface area contributed by atoms with Crippen molar-refractivity contribution < 1.29 is 29.0 Å². The number of hydrogen-bond acceptors (Lipinski definition) is 8. The summed E-state index contributed by atoms with van der Waals surface area (Å²) in [6, 6.07) is 13.1. The Hall–Kier alpha value is -3.98. The maximum Gasteiger partial charge on any atom is 0.350 e. The molecular formula is C27H26N2O6S. The minimum absolute atomic E-state index is 0.0569. The molecule has 1 saturated heterocycles. The Labute approximate surface area is 212 Å². The molecule has 0 radical (unpaired) electrons. The van der Waals surface area contributed by atoms with Crippen molar-refractivity contribution in [2.75, 3.05) is 18.6 Å². The van der Waals surface area contributed by atoms with Crippen LogP contribution in [0.2, 0.25) is 0 Å². The molecule has 0 saturated carbocycles. The summed E-state index contributed by atoms with van der Waals surface area (Å²) in [6.07, 6.45) is 0.852. The van der Waals surface area contributed by atoms with Crippen molar-refractivity contribution in [3.8, 4) is 5.75 Å². The van der Waals surface area contributed by atoms with Gasteiger partial charge in [0.15, 0.2) is 5.13 Å². The number of aryl methyl sites for hydroxylation is 2. The number of nitrogens with zero attached hydrogens (tertiary/aromatic N) is 2. The predicted molar refractivity (Wildman–Crippen MR) is 136 cm³/mol. The Kier molecular flexibility index (Phi) is 7.21. The molecule has 1 amide bonds. The summed E-state index contributed by atoms with van der Waals surface area (Å²) in [6.45, 7) is 6.10. The average molecular weight is 507 g/mol. The number of thiazole rings is 1. The number of Topliss-reactive ketones (excluding diaryl/α,β-unsaturated/α-hetero) is 1. The summed E-state index contributed by atoms with van der Waals surface area (Å²) in [5.41, 5.74) is 2.30. The maximum absolute atomic E-state index is 13.3. The zero-order valence-corrected chi connectivity index (χ0v) is 21.2. The molecule has 3 aromatic rings. The first-order valence-electron chi connectivity index (χ1n) is 11.4. The third kappa shape index (κ3) is 4.61. The summed E-state index contributed by atoms with van der Waals surface area (Å²) >= 11 is 0.958. The number of carbonyl (C=O) groups excluding carboxylic acids is 3. The number of aliphatic hydroxyl groups is 1. The molecule has 0 spiro atoms. The fraction of sp³-hybridized carbons (Fsp3) is 0.259. The molecule has 36 heavy (non-hydrogen) atoms. The van der Waals surface area contributed by atoms with Crippen LogP contribution >= 0.6 is 11.3 Å². The number of anilines is 1. The van der Waals surface area contributed by atoms with Crippen LogP contribution in [0.25, 0.3) is 5.76 Å². The number of amides is 1. The second-order valence-electron chi connectivity index (χ2n) is 8.36. The number of methoxy groups -OCH3 is 1. The van der Waals surface area contributed by atoms with E-state index in [0.717, 1.165) is 23.3 Å². The third-order valence-electron chi connectivity index (χ3n) is 5.80. The average Bonchev–Trinajstić information content (AvgIpc) is 3.39. The topological polar surface area (TPSA) is 106 Å². The third-order valence-corrected chi connectivity index (χ3v) is 6.94. The normalized spacial score (nSPS) is 16.9. The van der Waals surface area contributed by atoms with E-state index in [9.17, 15) is 19.5 Å². The molecular weight excluding hydrogens is 480 g/mol. The monoisotopic (exact) mass is 506 g/mol. The van der Waals surface area contributed by atoms with Crippen molar-refractivity contribution in [2.45, 2.75) is 33.2 Å². The SMILES string of the molecule is CCCOc1ccc([C@@H]2/C(=C(\O)c3ccc(C)cc3)C(=O)C(=O)N2c2nc(C)c(C(=O)OC)s2)cc1. The summed E-state index contributed by atoms with van der Waals surface area (Å²) < 4.78 is 10.5. The Bertz CT molecular complexity index is 1340. The molecule has 1 aromatic heterocycles. The zero-order chi connectivity index (χ0) is 26.0. The number of aromatic nitrogens is 1. The van der Waals surface area contributed by atoms with Crippen LogP contribution in [0.3, 0.4) is 0 Å². The Balaban J connectivity index is 1.88. The summed E-state index contributed by atoms with van der Waals surface area (Å²) in [5, 5.41) is 11.4. The molecule has 1 aliphatic rings. The van der Waals surface area contributed by atoms with Gasteiger partial charge in [0.1, 0.15) is 16.4 Å². The quantitative estimate of drug-likeness (QED) is 0.209. The molecule has 0 bridgehead atoms. The highest BCUT2D eigenvalue weighted by molar-refractivity contribution is 7.17. The standard InChI is InChI=1S/C27H26N2O6S/c1-5-14-35-19-12-10-17(11-13-19)21-20(22(30)18-8-6-15(2)7-9-18)23(31)25(32)29(21)27-28-16(3)24(36-27)26(33)34-4/h6-13,21,30H,5,14H2,1-4H3/b22-20+/t21-/m1/s1. The number of esters is 1. The number of ether oxygens (including phenoxy) is 2. The number of aliphatic hydroxyl groups excluding tert-OH is 1. The summed E-state index contributed by atoms with van der Waals surface area (Å²) in [4.78, 5) is 44.7. The molecule has 0 aliphatic carbocycles. The van der Waals surface area contributed by atoms with Crippen molar-refractivity contribution in [1.82, 2.24) is 4.98 Å². The highest BCUT2D eigenvalue weighted by atomic mass is 32.1. The molecule has 2 heterocycles. The molecule has 0 unspecified atom stereocenters. The van der Waals surface area contributed by atoms with Gasteiger partial charge in [0, 0.05) is 5.56 Å². The van der Waals surface area contributed by atoms with E-state index in [4.69, 9.17) is 9.47 Å². The number of carbonyl (C=O) groups is 3. The van der Waals surface area contributed by atoms with Crippen LogP contribution in [0.4, 0.5) is 5.13 Å². The summed E-state index contributed by atoms with van der Waals surface area (Å²) in [5.74, 6) is -1.90. The van der Waals surface area contributed by atoms with Crippen LogP contribution in [-0.2, 0) is 14.3 Å². The van der Waals surface area contributed by atoms with Gasteiger partial charge in [-0.15, -0.1) is 0 Å². The van der Waals surface area contributed by atoms with Crippen molar-refractivity contribution in [3.63, 3.8) is 0 Å². The van der Waals surface area contributed by atoms with E-state index in [1.165, 1.54) is 12.0 Å². The Morgan fingerprint density at radius 2 is 1.75 bits per heavy atom. The van der Waals surface area contributed by atoms with Crippen molar-refractivity contribution in [3.05, 3.63) is 81.4 Å².